The zero-order chi connectivity index (χ0) is 9.40. The number of unbranched alkanes of at least 4 members (excludes halogenated alkanes) is 1. The SMILES string of the molecule is CCC(=O)OCCCCC(=N)N. The molecule has 0 saturated carbocycles. The molecule has 4 nitrogen and oxygen atoms in total. The first-order chi connectivity index (χ1) is 5.66. The molecule has 0 rings (SSSR count). The monoisotopic (exact) mass is 172 g/mol. The topological polar surface area (TPSA) is 76.2 Å². The molecule has 0 aliphatic rings. The normalized spacial score (nSPS) is 9.42. The Morgan fingerprint density at radius 2 is 2.17 bits per heavy atom. The zero-order valence-corrected chi connectivity index (χ0v) is 7.43. The standard InChI is InChI=1S/C8H16N2O2/c1-2-8(11)12-6-4-3-5-7(9)10/h2-6H2,1H3,(H3,9,10). The number of nitrogens with one attached hydrogen (secondary N) is 1. The minimum Gasteiger partial charge on any atom is -0.466 e. The van der Waals surface area contributed by atoms with Gasteiger partial charge in [-0.3, -0.25) is 10.2 Å². The van der Waals surface area contributed by atoms with E-state index in [1.54, 1.807) is 6.92 Å². The number of amidine groups is 1. The van der Waals surface area contributed by atoms with Crippen LogP contribution in [0.4, 0.5) is 0 Å². The Labute approximate surface area is 72.6 Å². The molecule has 0 aliphatic heterocycles. The number of carbonyl (C=O) groups excluding carboxylic acids is 1. The van der Waals surface area contributed by atoms with Gasteiger partial charge in [0.2, 0.25) is 0 Å². The summed E-state index contributed by atoms with van der Waals surface area (Å²) in [6.45, 7) is 2.21. The second-order valence-electron chi connectivity index (χ2n) is 2.56. The number of carbonyl (C=O) groups is 1. The summed E-state index contributed by atoms with van der Waals surface area (Å²) in [7, 11) is 0. The van der Waals surface area contributed by atoms with Crippen molar-refractivity contribution in [1.29, 1.82) is 5.41 Å². The fourth-order valence-corrected chi connectivity index (χ4v) is 0.706. The lowest BCUT2D eigenvalue weighted by molar-refractivity contribution is -0.143. The highest BCUT2D eigenvalue weighted by molar-refractivity contribution is 5.76. The molecule has 0 fully saturated rings. The third-order valence-corrected chi connectivity index (χ3v) is 1.39. The number of ether oxygens (including phenoxy) is 1. The lowest BCUT2D eigenvalue weighted by Gasteiger charge is -2.01. The maximum absolute atomic E-state index is 10.6. The van der Waals surface area contributed by atoms with Crippen molar-refractivity contribution in [3.05, 3.63) is 0 Å². The van der Waals surface area contributed by atoms with Gasteiger partial charge in [-0.2, -0.15) is 0 Å². The van der Waals surface area contributed by atoms with Crippen molar-refractivity contribution in [2.24, 2.45) is 5.73 Å². The van der Waals surface area contributed by atoms with Gasteiger partial charge in [0, 0.05) is 12.8 Å². The maximum Gasteiger partial charge on any atom is 0.305 e. The van der Waals surface area contributed by atoms with Crippen LogP contribution in [0, 0.1) is 5.41 Å². The first-order valence-corrected chi connectivity index (χ1v) is 4.15. The summed E-state index contributed by atoms with van der Waals surface area (Å²) in [6.07, 6.45) is 2.61. The van der Waals surface area contributed by atoms with Crippen molar-refractivity contribution in [3.63, 3.8) is 0 Å². The molecule has 0 bridgehead atoms. The Hall–Kier alpha value is -1.06. The van der Waals surface area contributed by atoms with Crippen LogP contribution in [0.5, 0.6) is 0 Å². The number of hydrogen-bond donors (Lipinski definition) is 2. The number of esters is 1. The molecule has 12 heavy (non-hydrogen) atoms. The molecular formula is C8H16N2O2. The first-order valence-electron chi connectivity index (χ1n) is 4.15. The zero-order valence-electron chi connectivity index (χ0n) is 7.43. The van der Waals surface area contributed by atoms with Crippen LogP contribution in [0.3, 0.4) is 0 Å². The van der Waals surface area contributed by atoms with Crippen LogP contribution in [-0.4, -0.2) is 18.4 Å². The van der Waals surface area contributed by atoms with Gasteiger partial charge >= 0.3 is 5.97 Å². The molecule has 0 atom stereocenters. The average molecular weight is 172 g/mol. The van der Waals surface area contributed by atoms with Crippen LogP contribution in [-0.2, 0) is 9.53 Å². The van der Waals surface area contributed by atoms with E-state index < -0.39 is 0 Å². The van der Waals surface area contributed by atoms with Gasteiger partial charge < -0.3 is 10.5 Å². The molecular weight excluding hydrogens is 156 g/mol. The van der Waals surface area contributed by atoms with Crippen LogP contribution < -0.4 is 5.73 Å². The molecule has 0 radical (unpaired) electrons. The molecule has 4 heteroatoms. The van der Waals surface area contributed by atoms with E-state index in [2.05, 4.69) is 0 Å². The second-order valence-corrected chi connectivity index (χ2v) is 2.56. The minimum absolute atomic E-state index is 0.169. The van der Waals surface area contributed by atoms with Crippen molar-refractivity contribution in [2.75, 3.05) is 6.61 Å². The fourth-order valence-electron chi connectivity index (χ4n) is 0.706. The van der Waals surface area contributed by atoms with E-state index in [9.17, 15) is 4.79 Å². The average Bonchev–Trinajstić information content (AvgIpc) is 2.03. The number of nitrogens with two attached hydrogens (primary N) is 1. The van der Waals surface area contributed by atoms with Gasteiger partial charge in [0.15, 0.2) is 0 Å². The predicted molar refractivity (Wildman–Crippen MR) is 47.0 cm³/mol. The van der Waals surface area contributed by atoms with Gasteiger partial charge in [0.1, 0.15) is 0 Å². The molecule has 0 unspecified atom stereocenters. The smallest absolute Gasteiger partial charge is 0.305 e. The third kappa shape index (κ3) is 7.05. The van der Waals surface area contributed by atoms with E-state index >= 15 is 0 Å². The van der Waals surface area contributed by atoms with Gasteiger partial charge in [0.25, 0.3) is 0 Å². The molecule has 0 spiro atoms. The summed E-state index contributed by atoms with van der Waals surface area (Å²) in [6, 6.07) is 0. The Morgan fingerprint density at radius 1 is 1.50 bits per heavy atom. The first kappa shape index (κ1) is 10.9. The van der Waals surface area contributed by atoms with E-state index in [4.69, 9.17) is 15.9 Å². The Balaban J connectivity index is 3.11. The number of hydrogen-bond acceptors (Lipinski definition) is 3. The minimum atomic E-state index is -0.169. The molecule has 0 heterocycles. The Bertz CT molecular complexity index is 157. The molecule has 3 N–H and O–H groups in total. The Morgan fingerprint density at radius 3 is 2.67 bits per heavy atom. The summed E-state index contributed by atoms with van der Waals surface area (Å²) in [5, 5.41) is 6.92. The molecule has 0 aliphatic carbocycles. The second kappa shape index (κ2) is 6.64. The predicted octanol–water partition coefficient (Wildman–Crippen LogP) is 1.05. The fraction of sp³-hybridized carbons (Fsp3) is 0.750. The van der Waals surface area contributed by atoms with Crippen molar-refractivity contribution in [3.8, 4) is 0 Å². The quantitative estimate of drug-likeness (QED) is 0.272. The lowest BCUT2D eigenvalue weighted by Crippen LogP contribution is -2.10. The van der Waals surface area contributed by atoms with Gasteiger partial charge in [0.05, 0.1) is 12.4 Å². The summed E-state index contributed by atoms with van der Waals surface area (Å²) in [5.41, 5.74) is 5.14. The van der Waals surface area contributed by atoms with E-state index in [1.165, 1.54) is 0 Å². The van der Waals surface area contributed by atoms with E-state index in [0.717, 1.165) is 12.8 Å². The molecule has 70 valence electrons. The highest BCUT2D eigenvalue weighted by Crippen LogP contribution is 1.96. The molecule has 0 aromatic heterocycles. The highest BCUT2D eigenvalue weighted by Gasteiger charge is 1.97. The van der Waals surface area contributed by atoms with E-state index in [-0.39, 0.29) is 11.8 Å². The summed E-state index contributed by atoms with van der Waals surface area (Å²) in [4.78, 5) is 10.6. The van der Waals surface area contributed by atoms with Crippen molar-refractivity contribution in [2.45, 2.75) is 32.6 Å². The maximum atomic E-state index is 10.6. The largest absolute Gasteiger partial charge is 0.466 e. The van der Waals surface area contributed by atoms with Crippen molar-refractivity contribution < 1.29 is 9.53 Å². The van der Waals surface area contributed by atoms with Gasteiger partial charge in [-0.05, 0) is 12.8 Å². The number of rotatable bonds is 6. The van der Waals surface area contributed by atoms with Crippen molar-refractivity contribution >= 4 is 11.8 Å². The third-order valence-electron chi connectivity index (χ3n) is 1.39. The summed E-state index contributed by atoms with van der Waals surface area (Å²) >= 11 is 0. The van der Waals surface area contributed by atoms with E-state index in [0.29, 0.717) is 19.4 Å². The summed E-state index contributed by atoms with van der Waals surface area (Å²) < 4.78 is 4.82. The molecule has 0 aromatic carbocycles. The molecule has 0 saturated heterocycles. The Kier molecular flexibility index (Phi) is 6.05. The highest BCUT2D eigenvalue weighted by atomic mass is 16.5. The van der Waals surface area contributed by atoms with Crippen molar-refractivity contribution in [1.82, 2.24) is 0 Å². The van der Waals surface area contributed by atoms with Gasteiger partial charge in [-0.15, -0.1) is 0 Å². The molecule has 0 aromatic rings. The van der Waals surface area contributed by atoms with Gasteiger partial charge in [-0.1, -0.05) is 6.92 Å². The van der Waals surface area contributed by atoms with Crippen LogP contribution >= 0.6 is 0 Å². The van der Waals surface area contributed by atoms with Crippen LogP contribution in [0.15, 0.2) is 0 Å². The van der Waals surface area contributed by atoms with Gasteiger partial charge in [-0.25, -0.2) is 0 Å². The van der Waals surface area contributed by atoms with Crippen LogP contribution in [0.1, 0.15) is 32.6 Å². The van der Waals surface area contributed by atoms with E-state index in [1.807, 2.05) is 0 Å². The lowest BCUT2D eigenvalue weighted by atomic mass is 10.2. The summed E-state index contributed by atoms with van der Waals surface area (Å²) in [5.74, 6) is 0.0228. The van der Waals surface area contributed by atoms with Crippen LogP contribution in [0.2, 0.25) is 0 Å². The molecule has 0 amide bonds. The van der Waals surface area contributed by atoms with Crippen LogP contribution in [0.25, 0.3) is 0 Å².